The minimum absolute atomic E-state index is 0.0242. The van der Waals surface area contributed by atoms with Crippen LogP contribution in [0.5, 0.6) is 0 Å². The van der Waals surface area contributed by atoms with Crippen molar-refractivity contribution in [2.24, 2.45) is 11.7 Å². The molecular weight excluding hydrogens is 448 g/mol. The van der Waals surface area contributed by atoms with Gasteiger partial charge in [-0.25, -0.2) is 19.6 Å². The van der Waals surface area contributed by atoms with Gasteiger partial charge in [0.05, 0.1) is 30.4 Å². The topological polar surface area (TPSA) is 165 Å². The molecule has 184 valence electrons. The van der Waals surface area contributed by atoms with Gasteiger partial charge in [0.2, 0.25) is 0 Å². The van der Waals surface area contributed by atoms with Crippen LogP contribution >= 0.6 is 0 Å². The quantitative estimate of drug-likeness (QED) is 0.374. The standard InChI is InChI=1S/C24H30N8O3/c25-10-4-3-7-19(23(33)34)30-24(35)31-12-9-18-21(27-15-28-22(18)31)17-13-29-32(14-17)20(8-11-26)16-5-1-2-6-16/h9,12-16,19-20H,1-8,10,25H2,(H,30,35)(H,33,34). The Labute approximate surface area is 203 Å². The Balaban J connectivity index is 1.58. The van der Waals surface area contributed by atoms with Gasteiger partial charge in [-0.15, -0.1) is 0 Å². The van der Waals surface area contributed by atoms with Crippen LogP contribution in [0.2, 0.25) is 0 Å². The van der Waals surface area contributed by atoms with E-state index >= 15 is 0 Å². The van der Waals surface area contributed by atoms with Crippen molar-refractivity contribution in [2.75, 3.05) is 6.54 Å². The van der Waals surface area contributed by atoms with Gasteiger partial charge >= 0.3 is 12.0 Å². The largest absolute Gasteiger partial charge is 0.480 e. The lowest BCUT2D eigenvalue weighted by Gasteiger charge is -2.21. The summed E-state index contributed by atoms with van der Waals surface area (Å²) in [5, 5.41) is 26.6. The normalized spacial score (nSPS) is 15.7. The summed E-state index contributed by atoms with van der Waals surface area (Å²) >= 11 is 0. The van der Waals surface area contributed by atoms with Crippen molar-refractivity contribution in [1.29, 1.82) is 5.26 Å². The zero-order chi connectivity index (χ0) is 24.8. The van der Waals surface area contributed by atoms with Gasteiger partial charge in [-0.2, -0.15) is 10.4 Å². The number of aromatic nitrogens is 5. The second kappa shape index (κ2) is 11.1. The number of hydrogen-bond donors (Lipinski definition) is 3. The molecule has 3 aromatic heterocycles. The first kappa shape index (κ1) is 24.3. The second-order valence-corrected chi connectivity index (χ2v) is 8.95. The Morgan fingerprint density at radius 2 is 2.09 bits per heavy atom. The first-order chi connectivity index (χ1) is 17.0. The van der Waals surface area contributed by atoms with Crippen molar-refractivity contribution in [3.05, 3.63) is 31.0 Å². The fraction of sp³-hybridized carbons (Fsp3) is 0.500. The second-order valence-electron chi connectivity index (χ2n) is 8.95. The molecule has 1 aliphatic rings. The fourth-order valence-electron chi connectivity index (χ4n) is 4.87. The van der Waals surface area contributed by atoms with Gasteiger partial charge in [0.15, 0.2) is 5.65 Å². The average molecular weight is 479 g/mol. The van der Waals surface area contributed by atoms with Crippen molar-refractivity contribution in [1.82, 2.24) is 29.6 Å². The van der Waals surface area contributed by atoms with Gasteiger partial charge in [-0.3, -0.25) is 9.25 Å². The molecule has 4 rings (SSSR count). The summed E-state index contributed by atoms with van der Waals surface area (Å²) < 4.78 is 3.16. The van der Waals surface area contributed by atoms with Crippen molar-refractivity contribution < 1.29 is 14.7 Å². The first-order valence-corrected chi connectivity index (χ1v) is 12.0. The number of carboxylic acids is 1. The lowest BCUT2D eigenvalue weighted by atomic mass is 9.96. The molecule has 2 atom stereocenters. The van der Waals surface area contributed by atoms with E-state index in [1.807, 2.05) is 10.9 Å². The number of nitrogens with zero attached hydrogens (tertiary/aromatic N) is 6. The van der Waals surface area contributed by atoms with E-state index in [0.717, 1.165) is 18.4 Å². The molecule has 1 aliphatic carbocycles. The number of nitrogens with one attached hydrogen (secondary N) is 1. The van der Waals surface area contributed by atoms with E-state index < -0.39 is 18.0 Å². The van der Waals surface area contributed by atoms with E-state index in [4.69, 9.17) is 5.73 Å². The van der Waals surface area contributed by atoms with E-state index in [9.17, 15) is 20.0 Å². The number of carbonyl (C=O) groups is 2. The van der Waals surface area contributed by atoms with Crippen LogP contribution in [0.1, 0.15) is 57.4 Å². The first-order valence-electron chi connectivity index (χ1n) is 12.0. The van der Waals surface area contributed by atoms with Crippen molar-refractivity contribution in [3.8, 4) is 17.3 Å². The number of nitriles is 1. The SMILES string of the molecule is N#CCC(C1CCCC1)n1cc(-c2ncnc3c2ccn3C(=O)NC(CCCCN)C(=O)O)cn1. The van der Waals surface area contributed by atoms with Gasteiger partial charge in [0, 0.05) is 23.3 Å². The molecule has 0 aliphatic heterocycles. The highest BCUT2D eigenvalue weighted by molar-refractivity contribution is 5.97. The summed E-state index contributed by atoms with van der Waals surface area (Å²) in [6.45, 7) is 0.469. The van der Waals surface area contributed by atoms with Crippen LogP contribution < -0.4 is 11.1 Å². The molecular formula is C24H30N8O3. The van der Waals surface area contributed by atoms with Crippen LogP contribution in [0.3, 0.4) is 0 Å². The smallest absolute Gasteiger partial charge is 0.327 e. The highest BCUT2D eigenvalue weighted by Gasteiger charge is 2.27. The van der Waals surface area contributed by atoms with Gasteiger partial charge in [0.1, 0.15) is 12.4 Å². The molecule has 11 nitrogen and oxygen atoms in total. The molecule has 3 aromatic rings. The minimum atomic E-state index is -1.09. The summed E-state index contributed by atoms with van der Waals surface area (Å²) in [5.74, 6) is -0.659. The third-order valence-corrected chi connectivity index (χ3v) is 6.70. The predicted molar refractivity (Wildman–Crippen MR) is 128 cm³/mol. The van der Waals surface area contributed by atoms with Crippen molar-refractivity contribution in [2.45, 2.75) is 63.5 Å². The van der Waals surface area contributed by atoms with E-state index in [-0.39, 0.29) is 6.04 Å². The molecule has 1 fully saturated rings. The number of nitrogens with two attached hydrogens (primary N) is 1. The Bertz CT molecular complexity index is 1220. The monoisotopic (exact) mass is 478 g/mol. The average Bonchev–Trinajstić information content (AvgIpc) is 3.62. The number of carbonyl (C=O) groups excluding carboxylic acids is 1. The Morgan fingerprint density at radius 1 is 1.29 bits per heavy atom. The van der Waals surface area contributed by atoms with Crippen LogP contribution in [0.25, 0.3) is 22.3 Å². The number of carboxylic acid groups (broad SMARTS) is 1. The third kappa shape index (κ3) is 5.33. The number of hydrogen-bond acceptors (Lipinski definition) is 7. The molecule has 2 unspecified atom stereocenters. The van der Waals surface area contributed by atoms with Crippen molar-refractivity contribution >= 4 is 23.0 Å². The zero-order valence-corrected chi connectivity index (χ0v) is 19.5. The molecule has 11 heteroatoms. The van der Waals surface area contributed by atoms with E-state index in [0.29, 0.717) is 54.9 Å². The lowest BCUT2D eigenvalue weighted by molar-refractivity contribution is -0.139. The van der Waals surface area contributed by atoms with Gasteiger partial charge in [-0.1, -0.05) is 12.8 Å². The number of unbranched alkanes of at least 4 members (excludes halogenated alkanes) is 1. The molecule has 0 saturated heterocycles. The summed E-state index contributed by atoms with van der Waals surface area (Å²) in [4.78, 5) is 33.2. The summed E-state index contributed by atoms with van der Waals surface area (Å²) in [6, 6.07) is 2.46. The van der Waals surface area contributed by atoms with Crippen LogP contribution in [-0.4, -0.2) is 54.0 Å². The Hall–Kier alpha value is -3.78. The molecule has 3 heterocycles. The maximum absolute atomic E-state index is 12.9. The minimum Gasteiger partial charge on any atom is -0.480 e. The maximum Gasteiger partial charge on any atom is 0.327 e. The van der Waals surface area contributed by atoms with Crippen LogP contribution in [0.4, 0.5) is 4.79 Å². The van der Waals surface area contributed by atoms with Crippen molar-refractivity contribution in [3.63, 3.8) is 0 Å². The Kier molecular flexibility index (Phi) is 7.72. The number of fused-ring (bicyclic) bond motifs is 1. The number of aliphatic carboxylic acids is 1. The molecule has 0 spiro atoms. The summed E-state index contributed by atoms with van der Waals surface area (Å²) in [5.41, 5.74) is 7.24. The molecule has 35 heavy (non-hydrogen) atoms. The van der Waals surface area contributed by atoms with Gasteiger partial charge in [0.25, 0.3) is 0 Å². The lowest BCUT2D eigenvalue weighted by Crippen LogP contribution is -2.42. The number of rotatable bonds is 10. The van der Waals surface area contributed by atoms with Gasteiger partial charge in [-0.05, 0) is 50.6 Å². The van der Waals surface area contributed by atoms with E-state index in [1.54, 1.807) is 18.5 Å². The summed E-state index contributed by atoms with van der Waals surface area (Å²) in [6.07, 6.45) is 13.1. The van der Waals surface area contributed by atoms with Crippen LogP contribution in [-0.2, 0) is 4.79 Å². The molecule has 1 saturated carbocycles. The zero-order valence-electron chi connectivity index (χ0n) is 19.5. The summed E-state index contributed by atoms with van der Waals surface area (Å²) in [7, 11) is 0. The van der Waals surface area contributed by atoms with Crippen LogP contribution in [0.15, 0.2) is 31.0 Å². The van der Waals surface area contributed by atoms with E-state index in [1.165, 1.54) is 23.7 Å². The molecule has 0 radical (unpaired) electrons. The molecule has 1 amide bonds. The van der Waals surface area contributed by atoms with Crippen LogP contribution in [0, 0.1) is 17.2 Å². The fourth-order valence-corrected chi connectivity index (χ4v) is 4.87. The highest BCUT2D eigenvalue weighted by atomic mass is 16.4. The number of amides is 1. The molecule has 0 bridgehead atoms. The molecule has 0 aromatic carbocycles. The van der Waals surface area contributed by atoms with Gasteiger partial charge < -0.3 is 16.2 Å². The third-order valence-electron chi connectivity index (χ3n) is 6.70. The Morgan fingerprint density at radius 3 is 2.80 bits per heavy atom. The van der Waals surface area contributed by atoms with E-state index in [2.05, 4.69) is 26.5 Å². The molecule has 4 N–H and O–H groups in total. The maximum atomic E-state index is 12.9. The highest BCUT2D eigenvalue weighted by Crippen LogP contribution is 2.36. The predicted octanol–water partition coefficient (Wildman–Crippen LogP) is 3.08.